The van der Waals surface area contributed by atoms with Gasteiger partial charge < -0.3 is 15.5 Å². The molecular weight excluding hydrogens is 396 g/mol. The van der Waals surface area contributed by atoms with Crippen LogP contribution in [0.25, 0.3) is 0 Å². The average molecular weight is 419 g/mol. The number of nitrogens with zero attached hydrogens (tertiary/aromatic N) is 1. The van der Waals surface area contributed by atoms with Crippen LogP contribution in [0, 0.1) is 17.6 Å². The van der Waals surface area contributed by atoms with Gasteiger partial charge >= 0.3 is 6.03 Å². The number of urea groups is 1. The van der Waals surface area contributed by atoms with Crippen molar-refractivity contribution in [3.05, 3.63) is 60.2 Å². The maximum Gasteiger partial charge on any atom is 0.321 e. The first-order valence-electron chi connectivity index (χ1n) is 9.46. The highest BCUT2D eigenvalue weighted by atomic mass is 32.2. The van der Waals surface area contributed by atoms with E-state index in [4.69, 9.17) is 0 Å². The van der Waals surface area contributed by atoms with Gasteiger partial charge in [-0.05, 0) is 67.3 Å². The molecule has 1 fully saturated rings. The van der Waals surface area contributed by atoms with Crippen LogP contribution in [0.2, 0.25) is 0 Å². The van der Waals surface area contributed by atoms with E-state index in [0.717, 1.165) is 17.7 Å². The van der Waals surface area contributed by atoms with E-state index >= 15 is 0 Å². The number of hydrogen-bond acceptors (Lipinski definition) is 3. The first kappa shape index (κ1) is 21.1. The van der Waals surface area contributed by atoms with E-state index in [9.17, 15) is 18.4 Å². The lowest BCUT2D eigenvalue weighted by Gasteiger charge is -2.32. The molecule has 0 radical (unpaired) electrons. The molecule has 0 unspecified atom stereocenters. The summed E-state index contributed by atoms with van der Waals surface area (Å²) < 4.78 is 25.8. The molecule has 0 aliphatic carbocycles. The van der Waals surface area contributed by atoms with Crippen LogP contribution in [-0.4, -0.2) is 42.2 Å². The van der Waals surface area contributed by atoms with Crippen LogP contribution in [0.15, 0.2) is 53.4 Å². The van der Waals surface area contributed by atoms with Gasteiger partial charge in [0.2, 0.25) is 5.91 Å². The average Bonchev–Trinajstić information content (AvgIpc) is 2.74. The molecule has 3 rings (SSSR count). The van der Waals surface area contributed by atoms with Crippen molar-refractivity contribution in [3.63, 3.8) is 0 Å². The van der Waals surface area contributed by atoms with Crippen molar-refractivity contribution in [1.29, 1.82) is 0 Å². The molecule has 1 saturated heterocycles. The minimum absolute atomic E-state index is 0.0594. The van der Waals surface area contributed by atoms with Crippen molar-refractivity contribution in [2.45, 2.75) is 17.7 Å². The number of amides is 3. The molecule has 154 valence electrons. The number of hydrogen-bond donors (Lipinski definition) is 2. The monoisotopic (exact) mass is 419 g/mol. The van der Waals surface area contributed by atoms with Crippen molar-refractivity contribution in [1.82, 2.24) is 10.2 Å². The van der Waals surface area contributed by atoms with Gasteiger partial charge in [0.25, 0.3) is 0 Å². The standard InChI is InChI=1S/C21H23F2N3O2S/c22-16-1-5-18(6-2-16)25-21(28)26-11-9-15(10-12-26)13-24-20(27)14-29-19-7-3-17(23)4-8-19/h1-8,15H,9-14H2,(H,24,27)(H,25,28). The highest BCUT2D eigenvalue weighted by molar-refractivity contribution is 8.00. The lowest BCUT2D eigenvalue weighted by molar-refractivity contribution is -0.118. The molecule has 1 aliphatic rings. The number of carbonyl (C=O) groups is 2. The smallest absolute Gasteiger partial charge is 0.321 e. The third kappa shape index (κ3) is 6.74. The fourth-order valence-corrected chi connectivity index (χ4v) is 3.79. The maximum absolute atomic E-state index is 12.9. The molecular formula is C21H23F2N3O2S. The minimum Gasteiger partial charge on any atom is -0.355 e. The van der Waals surface area contributed by atoms with E-state index in [1.54, 1.807) is 17.0 Å². The summed E-state index contributed by atoms with van der Waals surface area (Å²) in [6.45, 7) is 1.80. The summed E-state index contributed by atoms with van der Waals surface area (Å²) >= 11 is 1.37. The summed E-state index contributed by atoms with van der Waals surface area (Å²) in [6.07, 6.45) is 1.62. The fraction of sp³-hybridized carbons (Fsp3) is 0.333. The SMILES string of the molecule is O=C(CSc1ccc(F)cc1)NCC1CCN(C(=O)Nc2ccc(F)cc2)CC1. The van der Waals surface area contributed by atoms with Crippen LogP contribution in [0.3, 0.4) is 0 Å². The lowest BCUT2D eigenvalue weighted by Crippen LogP contribution is -2.43. The Morgan fingerprint density at radius 1 is 0.966 bits per heavy atom. The molecule has 8 heteroatoms. The van der Waals surface area contributed by atoms with Crippen LogP contribution in [0.4, 0.5) is 19.3 Å². The van der Waals surface area contributed by atoms with Crippen LogP contribution >= 0.6 is 11.8 Å². The molecule has 3 amide bonds. The largest absolute Gasteiger partial charge is 0.355 e. The van der Waals surface area contributed by atoms with Crippen LogP contribution in [-0.2, 0) is 4.79 Å². The summed E-state index contributed by atoms with van der Waals surface area (Å²) in [7, 11) is 0. The van der Waals surface area contributed by atoms with Gasteiger partial charge in [-0.15, -0.1) is 11.8 Å². The Morgan fingerprint density at radius 2 is 1.55 bits per heavy atom. The highest BCUT2D eigenvalue weighted by Crippen LogP contribution is 2.19. The number of carbonyl (C=O) groups excluding carboxylic acids is 2. The fourth-order valence-electron chi connectivity index (χ4n) is 3.06. The normalized spacial score (nSPS) is 14.5. The second-order valence-corrected chi connectivity index (χ2v) is 7.96. The lowest BCUT2D eigenvalue weighted by atomic mass is 9.97. The van der Waals surface area contributed by atoms with Crippen LogP contribution in [0.1, 0.15) is 12.8 Å². The van der Waals surface area contributed by atoms with Gasteiger partial charge in [0.05, 0.1) is 5.75 Å². The van der Waals surface area contributed by atoms with Gasteiger partial charge in [0, 0.05) is 30.2 Å². The summed E-state index contributed by atoms with van der Waals surface area (Å²) in [5.41, 5.74) is 0.560. The molecule has 0 saturated carbocycles. The van der Waals surface area contributed by atoms with Gasteiger partial charge in [-0.1, -0.05) is 0 Å². The Labute approximate surface area is 172 Å². The second-order valence-electron chi connectivity index (χ2n) is 6.91. The third-order valence-corrected chi connectivity index (χ3v) is 5.78. The zero-order valence-corrected chi connectivity index (χ0v) is 16.7. The van der Waals surface area contributed by atoms with Crippen molar-refractivity contribution in [3.8, 4) is 0 Å². The van der Waals surface area contributed by atoms with Gasteiger partial charge in [0.1, 0.15) is 11.6 Å². The Balaban J connectivity index is 1.33. The number of anilines is 1. The molecule has 0 aromatic heterocycles. The third-order valence-electron chi connectivity index (χ3n) is 4.77. The van der Waals surface area contributed by atoms with Crippen molar-refractivity contribution in [2.24, 2.45) is 5.92 Å². The number of halogens is 2. The summed E-state index contributed by atoms with van der Waals surface area (Å²) in [6, 6.07) is 11.5. The van der Waals surface area contributed by atoms with Crippen molar-refractivity contribution >= 4 is 29.4 Å². The molecule has 29 heavy (non-hydrogen) atoms. The predicted molar refractivity (Wildman–Crippen MR) is 110 cm³/mol. The molecule has 5 nitrogen and oxygen atoms in total. The molecule has 2 aromatic rings. The predicted octanol–water partition coefficient (Wildman–Crippen LogP) is 4.12. The molecule has 0 spiro atoms. The quantitative estimate of drug-likeness (QED) is 0.693. The zero-order valence-electron chi connectivity index (χ0n) is 15.9. The van der Waals surface area contributed by atoms with Gasteiger partial charge in [0.15, 0.2) is 0 Å². The first-order valence-corrected chi connectivity index (χ1v) is 10.4. The highest BCUT2D eigenvalue weighted by Gasteiger charge is 2.23. The van der Waals surface area contributed by atoms with E-state index in [0.29, 0.717) is 31.2 Å². The maximum atomic E-state index is 12.9. The minimum atomic E-state index is -0.345. The Morgan fingerprint density at radius 3 is 2.17 bits per heavy atom. The summed E-state index contributed by atoms with van der Waals surface area (Å²) in [4.78, 5) is 26.9. The molecule has 1 heterocycles. The van der Waals surface area contributed by atoms with Crippen LogP contribution in [0.5, 0.6) is 0 Å². The van der Waals surface area contributed by atoms with Crippen molar-refractivity contribution < 1.29 is 18.4 Å². The number of thioether (sulfide) groups is 1. The van der Waals surface area contributed by atoms with E-state index in [2.05, 4.69) is 10.6 Å². The Kier molecular flexibility index (Phi) is 7.46. The van der Waals surface area contributed by atoms with E-state index in [1.807, 2.05) is 0 Å². The molecule has 1 aliphatic heterocycles. The summed E-state index contributed by atoms with van der Waals surface area (Å²) in [5.74, 6) is -0.0938. The zero-order chi connectivity index (χ0) is 20.6. The number of nitrogens with one attached hydrogen (secondary N) is 2. The number of benzene rings is 2. The molecule has 0 bridgehead atoms. The summed E-state index contributed by atoms with van der Waals surface area (Å²) in [5, 5.41) is 5.70. The molecule has 2 aromatic carbocycles. The van der Waals surface area contributed by atoms with Gasteiger partial charge in [-0.2, -0.15) is 0 Å². The van der Waals surface area contributed by atoms with E-state index < -0.39 is 0 Å². The molecule has 2 N–H and O–H groups in total. The number of likely N-dealkylation sites (tertiary alicyclic amines) is 1. The van der Waals surface area contributed by atoms with Crippen molar-refractivity contribution in [2.75, 3.05) is 30.7 Å². The first-order chi connectivity index (χ1) is 14.0. The Hall–Kier alpha value is -2.61. The van der Waals surface area contributed by atoms with E-state index in [-0.39, 0.29) is 29.3 Å². The number of piperidine rings is 1. The Bertz CT molecular complexity index is 823. The van der Waals surface area contributed by atoms with Crippen LogP contribution < -0.4 is 10.6 Å². The van der Waals surface area contributed by atoms with E-state index in [1.165, 1.54) is 48.2 Å². The molecule has 0 atom stereocenters. The van der Waals surface area contributed by atoms with Gasteiger partial charge in [-0.3, -0.25) is 4.79 Å². The second kappa shape index (κ2) is 10.2. The number of rotatable bonds is 6. The topological polar surface area (TPSA) is 61.4 Å². The van der Waals surface area contributed by atoms with Gasteiger partial charge in [-0.25, -0.2) is 13.6 Å².